The Bertz CT molecular complexity index is 412. The third kappa shape index (κ3) is 2.57. The summed E-state index contributed by atoms with van der Waals surface area (Å²) in [5.41, 5.74) is -0.385. The quantitative estimate of drug-likeness (QED) is 0.481. The molecule has 4 nitrogen and oxygen atoms in total. The highest BCUT2D eigenvalue weighted by Gasteiger charge is 2.22. The molecule has 0 aliphatic carbocycles. The summed E-state index contributed by atoms with van der Waals surface area (Å²) in [6.07, 6.45) is -2.71. The van der Waals surface area contributed by atoms with E-state index in [0.717, 1.165) is 6.07 Å². The second kappa shape index (κ2) is 5.37. The number of rotatable bonds is 3. The van der Waals surface area contributed by atoms with Crippen LogP contribution < -0.4 is 4.74 Å². The van der Waals surface area contributed by atoms with Crippen molar-refractivity contribution in [2.75, 3.05) is 14.2 Å². The Hall–Kier alpha value is -0.990. The van der Waals surface area contributed by atoms with Crippen molar-refractivity contribution in [3.63, 3.8) is 0 Å². The van der Waals surface area contributed by atoms with Crippen LogP contribution in [-0.2, 0) is 4.74 Å². The normalized spacial score (nSPS) is 10.4. The van der Waals surface area contributed by atoms with E-state index in [9.17, 15) is 13.6 Å². The molecule has 7 heteroatoms. The molecule has 0 saturated carbocycles. The lowest BCUT2D eigenvalue weighted by molar-refractivity contribution is 0.0594. The van der Waals surface area contributed by atoms with Crippen LogP contribution in [0.2, 0.25) is 0 Å². The fourth-order valence-corrected chi connectivity index (χ4v) is 1.83. The zero-order chi connectivity index (χ0) is 12.3. The van der Waals surface area contributed by atoms with Gasteiger partial charge in [-0.1, -0.05) is 0 Å². The summed E-state index contributed by atoms with van der Waals surface area (Å²) in [6.45, 7) is 0. The summed E-state index contributed by atoms with van der Waals surface area (Å²) < 4.78 is 34.4. The molecule has 0 unspecified atom stereocenters. The van der Waals surface area contributed by atoms with Crippen LogP contribution in [0.1, 0.15) is 22.5 Å². The Morgan fingerprint density at radius 2 is 2.12 bits per heavy atom. The van der Waals surface area contributed by atoms with Crippen molar-refractivity contribution in [2.45, 2.75) is 6.43 Å². The minimum atomic E-state index is -2.71. The topological polar surface area (TPSA) is 48.4 Å². The van der Waals surface area contributed by atoms with Gasteiger partial charge in [0.25, 0.3) is 6.43 Å². The maximum atomic E-state index is 12.4. The van der Waals surface area contributed by atoms with Crippen LogP contribution in [0.3, 0.4) is 0 Å². The van der Waals surface area contributed by atoms with Gasteiger partial charge in [-0.25, -0.2) is 18.6 Å². The van der Waals surface area contributed by atoms with Crippen molar-refractivity contribution < 1.29 is 23.0 Å². The molecule has 0 amide bonds. The molecule has 1 rings (SSSR count). The van der Waals surface area contributed by atoms with Crippen LogP contribution in [0, 0.1) is 3.70 Å². The largest absolute Gasteiger partial charge is 0.496 e. The number of pyridine rings is 1. The van der Waals surface area contributed by atoms with Crippen molar-refractivity contribution in [2.24, 2.45) is 0 Å². The van der Waals surface area contributed by atoms with Crippen LogP contribution in [0.15, 0.2) is 6.07 Å². The Morgan fingerprint density at radius 3 is 2.56 bits per heavy atom. The predicted octanol–water partition coefficient (Wildman–Crippen LogP) is 2.42. The molecule has 0 aliphatic rings. The van der Waals surface area contributed by atoms with E-state index < -0.39 is 18.1 Å². The summed E-state index contributed by atoms with van der Waals surface area (Å²) in [4.78, 5) is 15.0. The smallest absolute Gasteiger partial charge is 0.344 e. The van der Waals surface area contributed by atoms with Gasteiger partial charge in [0.1, 0.15) is 20.7 Å². The number of hydrogen-bond acceptors (Lipinski definition) is 4. The molecule has 16 heavy (non-hydrogen) atoms. The number of methoxy groups -OCH3 is 2. The first-order valence-corrected chi connectivity index (χ1v) is 5.20. The van der Waals surface area contributed by atoms with Crippen molar-refractivity contribution in [1.82, 2.24) is 4.98 Å². The van der Waals surface area contributed by atoms with Gasteiger partial charge in [0, 0.05) is 6.07 Å². The monoisotopic (exact) mass is 343 g/mol. The summed E-state index contributed by atoms with van der Waals surface area (Å²) >= 11 is 1.68. The standard InChI is InChI=1S/C9H8F2INO3/c1-15-5-3-4(7(10)11)13-8(12)6(5)9(14)16-2/h3,7H,1-2H3. The van der Waals surface area contributed by atoms with Gasteiger partial charge in [-0.15, -0.1) is 0 Å². The Balaban J connectivity index is 3.34. The van der Waals surface area contributed by atoms with Crippen LogP contribution in [-0.4, -0.2) is 25.2 Å². The highest BCUT2D eigenvalue weighted by molar-refractivity contribution is 14.1. The lowest BCUT2D eigenvalue weighted by Gasteiger charge is -2.10. The molecular weight excluding hydrogens is 335 g/mol. The fourth-order valence-electron chi connectivity index (χ4n) is 1.07. The molecule has 0 aromatic carbocycles. The van der Waals surface area contributed by atoms with Crippen molar-refractivity contribution >= 4 is 28.6 Å². The molecule has 88 valence electrons. The van der Waals surface area contributed by atoms with E-state index in [4.69, 9.17) is 4.74 Å². The van der Waals surface area contributed by atoms with Gasteiger partial charge in [-0.05, 0) is 22.6 Å². The molecule has 1 aromatic heterocycles. The zero-order valence-corrected chi connectivity index (χ0v) is 10.6. The van der Waals surface area contributed by atoms with Crippen molar-refractivity contribution in [3.05, 3.63) is 21.0 Å². The first-order valence-electron chi connectivity index (χ1n) is 4.12. The molecule has 0 bridgehead atoms. The van der Waals surface area contributed by atoms with Gasteiger partial charge in [-0.3, -0.25) is 0 Å². The average molecular weight is 343 g/mol. The van der Waals surface area contributed by atoms with E-state index in [2.05, 4.69) is 9.72 Å². The lowest BCUT2D eigenvalue weighted by Crippen LogP contribution is -2.09. The number of ether oxygens (including phenoxy) is 2. The van der Waals surface area contributed by atoms with E-state index in [0.29, 0.717) is 0 Å². The average Bonchev–Trinajstić information content (AvgIpc) is 2.26. The zero-order valence-electron chi connectivity index (χ0n) is 8.46. The second-order valence-corrected chi connectivity index (χ2v) is 3.73. The SMILES string of the molecule is COC(=O)c1c(OC)cc(C(F)F)nc1I. The summed E-state index contributed by atoms with van der Waals surface area (Å²) in [5.74, 6) is -0.642. The maximum absolute atomic E-state index is 12.4. The number of esters is 1. The third-order valence-corrected chi connectivity index (χ3v) is 2.57. The Kier molecular flexibility index (Phi) is 4.39. The number of carbonyl (C=O) groups excluding carboxylic acids is 1. The van der Waals surface area contributed by atoms with Crippen LogP contribution in [0.5, 0.6) is 5.75 Å². The minimum absolute atomic E-state index is 0.0292. The maximum Gasteiger partial charge on any atom is 0.344 e. The molecule has 0 atom stereocenters. The molecule has 0 N–H and O–H groups in total. The summed E-state index contributed by atoms with van der Waals surface area (Å²) in [7, 11) is 2.48. The Morgan fingerprint density at radius 1 is 1.50 bits per heavy atom. The first-order chi connectivity index (χ1) is 7.51. The van der Waals surface area contributed by atoms with E-state index in [1.807, 2.05) is 0 Å². The molecule has 0 spiro atoms. The Labute approximate surface area is 104 Å². The number of hydrogen-bond donors (Lipinski definition) is 0. The highest BCUT2D eigenvalue weighted by atomic mass is 127. The van der Waals surface area contributed by atoms with Crippen LogP contribution >= 0.6 is 22.6 Å². The second-order valence-electron chi connectivity index (χ2n) is 2.71. The van der Waals surface area contributed by atoms with Gasteiger partial charge in [0.05, 0.1) is 14.2 Å². The molecule has 1 heterocycles. The first kappa shape index (κ1) is 13.1. The van der Waals surface area contributed by atoms with Gasteiger partial charge in [0.2, 0.25) is 0 Å². The highest BCUT2D eigenvalue weighted by Crippen LogP contribution is 2.28. The van der Waals surface area contributed by atoms with Crippen molar-refractivity contribution in [1.29, 1.82) is 0 Å². The fraction of sp³-hybridized carbons (Fsp3) is 0.333. The third-order valence-electron chi connectivity index (χ3n) is 1.79. The van der Waals surface area contributed by atoms with Gasteiger partial charge in [-0.2, -0.15) is 0 Å². The summed E-state index contributed by atoms with van der Waals surface area (Å²) in [5, 5.41) is 0. The summed E-state index contributed by atoms with van der Waals surface area (Å²) in [6, 6.07) is 1.03. The van der Waals surface area contributed by atoms with E-state index in [1.165, 1.54) is 14.2 Å². The lowest BCUT2D eigenvalue weighted by atomic mass is 10.2. The number of halogens is 3. The van der Waals surface area contributed by atoms with E-state index >= 15 is 0 Å². The minimum Gasteiger partial charge on any atom is -0.496 e. The van der Waals surface area contributed by atoms with Crippen molar-refractivity contribution in [3.8, 4) is 5.75 Å². The number of alkyl halides is 2. The molecule has 1 aromatic rings. The molecule has 0 aliphatic heterocycles. The van der Waals surface area contributed by atoms with Gasteiger partial charge < -0.3 is 9.47 Å². The molecule has 0 radical (unpaired) electrons. The number of nitrogens with zero attached hydrogens (tertiary/aromatic N) is 1. The molecule has 0 saturated heterocycles. The van der Waals surface area contributed by atoms with Crippen LogP contribution in [0.4, 0.5) is 8.78 Å². The number of carbonyl (C=O) groups is 1. The number of aromatic nitrogens is 1. The molecule has 0 fully saturated rings. The van der Waals surface area contributed by atoms with E-state index in [1.54, 1.807) is 22.6 Å². The predicted molar refractivity (Wildman–Crippen MR) is 59.8 cm³/mol. The van der Waals surface area contributed by atoms with E-state index in [-0.39, 0.29) is 15.0 Å². The molecular formula is C9H8F2INO3. The van der Waals surface area contributed by atoms with Gasteiger partial charge >= 0.3 is 5.97 Å². The van der Waals surface area contributed by atoms with Gasteiger partial charge in [0.15, 0.2) is 0 Å². The van der Waals surface area contributed by atoms with Crippen LogP contribution in [0.25, 0.3) is 0 Å².